The van der Waals surface area contributed by atoms with Crippen LogP contribution in [0.3, 0.4) is 0 Å². The monoisotopic (exact) mass is 309 g/mol. The maximum absolute atomic E-state index is 13.2. The van der Waals surface area contributed by atoms with E-state index in [1.807, 2.05) is 0 Å². The first-order chi connectivity index (χ1) is 10.4. The minimum absolute atomic E-state index is 0.119. The predicted octanol–water partition coefficient (Wildman–Crippen LogP) is 2.41. The van der Waals surface area contributed by atoms with Crippen LogP contribution in [-0.2, 0) is 9.53 Å². The van der Waals surface area contributed by atoms with Crippen LogP contribution in [0.4, 0.5) is 13.2 Å². The zero-order valence-electron chi connectivity index (χ0n) is 11.1. The van der Waals surface area contributed by atoms with Crippen LogP contribution in [0, 0.1) is 17.5 Å². The van der Waals surface area contributed by atoms with Gasteiger partial charge in [0.2, 0.25) is 0 Å². The Bertz CT molecular complexity index is 706. The summed E-state index contributed by atoms with van der Waals surface area (Å²) < 4.78 is 43.9. The summed E-state index contributed by atoms with van der Waals surface area (Å²) in [5.74, 6) is -5.71. The quantitative estimate of drug-likeness (QED) is 0.696. The lowest BCUT2D eigenvalue weighted by atomic mass is 10.0. The Morgan fingerprint density at radius 3 is 2.00 bits per heavy atom. The van der Waals surface area contributed by atoms with Gasteiger partial charge in [-0.25, -0.2) is 18.0 Å². The number of amides is 1. The van der Waals surface area contributed by atoms with E-state index in [2.05, 4.69) is 4.74 Å². The van der Waals surface area contributed by atoms with E-state index in [0.29, 0.717) is 5.56 Å². The minimum Gasteiger partial charge on any atom is -0.452 e. The van der Waals surface area contributed by atoms with Gasteiger partial charge in [0, 0.05) is 0 Å². The van der Waals surface area contributed by atoms with Gasteiger partial charge in [-0.3, -0.25) is 4.79 Å². The van der Waals surface area contributed by atoms with E-state index >= 15 is 0 Å². The van der Waals surface area contributed by atoms with Crippen LogP contribution < -0.4 is 5.73 Å². The number of benzene rings is 2. The lowest BCUT2D eigenvalue weighted by Crippen LogP contribution is -2.20. The molecule has 0 fully saturated rings. The van der Waals surface area contributed by atoms with Crippen LogP contribution in [0.25, 0.3) is 11.1 Å². The van der Waals surface area contributed by atoms with Gasteiger partial charge >= 0.3 is 5.97 Å². The van der Waals surface area contributed by atoms with Crippen molar-refractivity contribution in [2.45, 2.75) is 0 Å². The van der Waals surface area contributed by atoms with E-state index in [4.69, 9.17) is 5.73 Å². The van der Waals surface area contributed by atoms with E-state index in [1.54, 1.807) is 0 Å². The summed E-state index contributed by atoms with van der Waals surface area (Å²) in [6, 6.07) is 7.20. The predicted molar refractivity (Wildman–Crippen MR) is 71.2 cm³/mol. The van der Waals surface area contributed by atoms with Crippen molar-refractivity contribution < 1.29 is 27.5 Å². The van der Waals surface area contributed by atoms with Gasteiger partial charge in [0.1, 0.15) is 0 Å². The molecule has 0 unspecified atom stereocenters. The third kappa shape index (κ3) is 3.43. The lowest BCUT2D eigenvalue weighted by Gasteiger charge is -2.06. The van der Waals surface area contributed by atoms with Gasteiger partial charge < -0.3 is 10.5 Å². The molecule has 0 saturated carbocycles. The first-order valence-corrected chi connectivity index (χ1v) is 6.09. The summed E-state index contributed by atoms with van der Waals surface area (Å²) >= 11 is 0. The molecule has 0 bridgehead atoms. The van der Waals surface area contributed by atoms with Gasteiger partial charge in [0.05, 0.1) is 5.56 Å². The Labute approximate surface area is 123 Å². The molecule has 0 aliphatic heterocycles. The van der Waals surface area contributed by atoms with Crippen LogP contribution in [-0.4, -0.2) is 18.5 Å². The minimum atomic E-state index is -1.55. The van der Waals surface area contributed by atoms with Gasteiger partial charge in [0.25, 0.3) is 5.91 Å². The summed E-state index contributed by atoms with van der Waals surface area (Å²) in [6.07, 6.45) is 0. The van der Waals surface area contributed by atoms with Crippen molar-refractivity contribution in [3.05, 3.63) is 59.4 Å². The molecule has 0 saturated heterocycles. The van der Waals surface area contributed by atoms with Crippen molar-refractivity contribution in [1.82, 2.24) is 0 Å². The molecule has 114 valence electrons. The highest BCUT2D eigenvalue weighted by molar-refractivity contribution is 5.91. The second-order valence-corrected chi connectivity index (χ2v) is 4.37. The molecule has 0 aromatic heterocycles. The molecular formula is C15H10F3NO3. The average molecular weight is 309 g/mol. The van der Waals surface area contributed by atoms with E-state index in [9.17, 15) is 22.8 Å². The van der Waals surface area contributed by atoms with Crippen molar-refractivity contribution in [1.29, 1.82) is 0 Å². The fourth-order valence-electron chi connectivity index (χ4n) is 1.74. The Morgan fingerprint density at radius 1 is 0.955 bits per heavy atom. The van der Waals surface area contributed by atoms with Crippen LogP contribution in [0.5, 0.6) is 0 Å². The Kier molecular flexibility index (Phi) is 4.45. The topological polar surface area (TPSA) is 69.4 Å². The number of halogens is 3. The summed E-state index contributed by atoms with van der Waals surface area (Å²) in [5.41, 5.74) is 5.47. The molecule has 22 heavy (non-hydrogen) atoms. The summed E-state index contributed by atoms with van der Waals surface area (Å²) in [6.45, 7) is -0.547. The Hall–Kier alpha value is -2.83. The highest BCUT2D eigenvalue weighted by atomic mass is 19.2. The fraction of sp³-hybridized carbons (Fsp3) is 0.0667. The number of rotatable bonds is 4. The zero-order chi connectivity index (χ0) is 16.3. The van der Waals surface area contributed by atoms with Gasteiger partial charge in [-0.1, -0.05) is 12.1 Å². The molecule has 2 N–H and O–H groups in total. The average Bonchev–Trinajstić information content (AvgIpc) is 2.50. The molecule has 0 aliphatic carbocycles. The van der Waals surface area contributed by atoms with Crippen molar-refractivity contribution in [3.63, 3.8) is 0 Å². The van der Waals surface area contributed by atoms with Crippen LogP contribution in [0.2, 0.25) is 0 Å². The molecule has 2 aromatic carbocycles. The van der Waals surface area contributed by atoms with Gasteiger partial charge in [-0.15, -0.1) is 0 Å². The van der Waals surface area contributed by atoms with E-state index in [0.717, 1.165) is 12.1 Å². The number of primary amides is 1. The molecule has 2 aromatic rings. The highest BCUT2D eigenvalue weighted by Gasteiger charge is 2.13. The third-order valence-electron chi connectivity index (χ3n) is 2.78. The first kappa shape index (κ1) is 15.6. The number of ether oxygens (including phenoxy) is 1. The molecule has 0 spiro atoms. The summed E-state index contributed by atoms with van der Waals surface area (Å²) in [5, 5.41) is 0. The molecule has 0 aliphatic rings. The molecule has 0 heterocycles. The smallest absolute Gasteiger partial charge is 0.338 e. The highest BCUT2D eigenvalue weighted by Crippen LogP contribution is 2.24. The van der Waals surface area contributed by atoms with Gasteiger partial charge in [0.15, 0.2) is 24.1 Å². The standard InChI is InChI=1S/C15H10F3NO3/c16-11-5-10(6-12(17)14(11)18)8-1-3-9(4-2-8)15(21)22-7-13(19)20/h1-6H,7H2,(H2,19,20). The first-order valence-electron chi connectivity index (χ1n) is 6.09. The van der Waals surface area contributed by atoms with Crippen molar-refractivity contribution in [2.75, 3.05) is 6.61 Å². The number of hydrogen-bond donors (Lipinski definition) is 1. The number of nitrogens with two attached hydrogens (primary N) is 1. The number of esters is 1. The molecule has 4 nitrogen and oxygen atoms in total. The molecule has 1 amide bonds. The second kappa shape index (κ2) is 6.30. The number of carbonyl (C=O) groups is 2. The summed E-state index contributed by atoms with van der Waals surface area (Å²) in [7, 11) is 0. The molecule has 2 rings (SSSR count). The van der Waals surface area contributed by atoms with Crippen molar-refractivity contribution in [3.8, 4) is 11.1 Å². The lowest BCUT2D eigenvalue weighted by molar-refractivity contribution is -0.121. The summed E-state index contributed by atoms with van der Waals surface area (Å²) in [4.78, 5) is 22.1. The van der Waals surface area contributed by atoms with Crippen LogP contribution in [0.15, 0.2) is 36.4 Å². The maximum Gasteiger partial charge on any atom is 0.338 e. The SMILES string of the molecule is NC(=O)COC(=O)c1ccc(-c2cc(F)c(F)c(F)c2)cc1. The maximum atomic E-state index is 13.2. The van der Waals surface area contributed by atoms with Crippen LogP contribution >= 0.6 is 0 Å². The Morgan fingerprint density at radius 2 is 1.50 bits per heavy atom. The van der Waals surface area contributed by atoms with Crippen molar-refractivity contribution >= 4 is 11.9 Å². The third-order valence-corrected chi connectivity index (χ3v) is 2.78. The van der Waals surface area contributed by atoms with Gasteiger partial charge in [-0.05, 0) is 35.4 Å². The molecule has 0 atom stereocenters. The number of carbonyl (C=O) groups excluding carboxylic acids is 2. The number of hydrogen-bond acceptors (Lipinski definition) is 3. The normalized spacial score (nSPS) is 10.3. The molecular weight excluding hydrogens is 299 g/mol. The second-order valence-electron chi connectivity index (χ2n) is 4.37. The fourth-order valence-corrected chi connectivity index (χ4v) is 1.74. The molecule has 0 radical (unpaired) electrons. The van der Waals surface area contributed by atoms with Gasteiger partial charge in [-0.2, -0.15) is 0 Å². The largest absolute Gasteiger partial charge is 0.452 e. The van der Waals surface area contributed by atoms with Crippen molar-refractivity contribution in [2.24, 2.45) is 5.73 Å². The zero-order valence-corrected chi connectivity index (χ0v) is 11.1. The van der Waals surface area contributed by atoms with Crippen LogP contribution in [0.1, 0.15) is 10.4 Å². The Balaban J connectivity index is 2.22. The van der Waals surface area contributed by atoms with E-state index < -0.39 is 35.9 Å². The van der Waals surface area contributed by atoms with E-state index in [-0.39, 0.29) is 11.1 Å². The van der Waals surface area contributed by atoms with E-state index in [1.165, 1.54) is 24.3 Å². The molecule has 7 heteroatoms.